The molecular formula is C16H17NO2S. The minimum absolute atomic E-state index is 0.307. The molecule has 0 aliphatic heterocycles. The van der Waals surface area contributed by atoms with E-state index < -0.39 is 5.97 Å². The fraction of sp³-hybridized carbons (Fsp3) is 0.250. The smallest absolute Gasteiger partial charge is 0.338 e. The number of hydrogen-bond acceptors (Lipinski definition) is 3. The zero-order chi connectivity index (χ0) is 14.7. The van der Waals surface area contributed by atoms with Gasteiger partial charge in [0.05, 0.1) is 5.56 Å². The zero-order valence-electron chi connectivity index (χ0n) is 11.8. The highest BCUT2D eigenvalue weighted by molar-refractivity contribution is 7.98. The van der Waals surface area contributed by atoms with Gasteiger partial charge in [0.1, 0.15) is 5.03 Å². The standard InChI is InChI=1S/C16H17NO2S/c1-10-6-11(2)8-13(7-10)9-20-15-14(16(18)19)12(3)4-5-17-15/h4-8H,9H2,1-3H3,(H,18,19). The molecule has 20 heavy (non-hydrogen) atoms. The summed E-state index contributed by atoms with van der Waals surface area (Å²) in [6.07, 6.45) is 1.66. The SMILES string of the molecule is Cc1cc(C)cc(CSc2nccc(C)c2C(=O)O)c1. The van der Waals surface area contributed by atoms with Gasteiger partial charge in [-0.05, 0) is 38.0 Å². The molecule has 1 heterocycles. The van der Waals surface area contributed by atoms with Crippen LogP contribution in [-0.4, -0.2) is 16.1 Å². The van der Waals surface area contributed by atoms with Crippen LogP contribution in [0, 0.1) is 20.8 Å². The predicted molar refractivity (Wildman–Crippen MR) is 81.4 cm³/mol. The normalized spacial score (nSPS) is 10.6. The van der Waals surface area contributed by atoms with Crippen molar-refractivity contribution in [2.45, 2.75) is 31.6 Å². The average Bonchev–Trinajstić information content (AvgIpc) is 2.34. The third kappa shape index (κ3) is 3.39. The Kier molecular flexibility index (Phi) is 4.45. The summed E-state index contributed by atoms with van der Waals surface area (Å²) in [5.41, 5.74) is 4.68. The van der Waals surface area contributed by atoms with E-state index in [1.807, 2.05) is 0 Å². The number of pyridine rings is 1. The van der Waals surface area contributed by atoms with Gasteiger partial charge in [0, 0.05) is 11.9 Å². The summed E-state index contributed by atoms with van der Waals surface area (Å²) in [6.45, 7) is 5.93. The molecule has 0 radical (unpaired) electrons. The van der Waals surface area contributed by atoms with Crippen LogP contribution in [0.1, 0.15) is 32.6 Å². The van der Waals surface area contributed by atoms with E-state index in [2.05, 4.69) is 37.0 Å². The van der Waals surface area contributed by atoms with Crippen LogP contribution in [0.5, 0.6) is 0 Å². The van der Waals surface area contributed by atoms with Gasteiger partial charge < -0.3 is 5.11 Å². The van der Waals surface area contributed by atoms with Gasteiger partial charge in [0.25, 0.3) is 0 Å². The van der Waals surface area contributed by atoms with E-state index in [0.717, 1.165) is 11.3 Å². The van der Waals surface area contributed by atoms with E-state index in [1.54, 1.807) is 19.2 Å². The molecule has 104 valence electrons. The first kappa shape index (κ1) is 14.6. The lowest BCUT2D eigenvalue weighted by Gasteiger charge is -2.08. The van der Waals surface area contributed by atoms with Gasteiger partial charge in [-0.25, -0.2) is 9.78 Å². The molecule has 1 aromatic heterocycles. The van der Waals surface area contributed by atoms with Crippen LogP contribution in [0.25, 0.3) is 0 Å². The maximum absolute atomic E-state index is 11.3. The Morgan fingerprint density at radius 2 is 1.85 bits per heavy atom. The predicted octanol–water partition coefficient (Wildman–Crippen LogP) is 4.00. The van der Waals surface area contributed by atoms with Crippen molar-refractivity contribution in [3.63, 3.8) is 0 Å². The van der Waals surface area contributed by atoms with Gasteiger partial charge >= 0.3 is 5.97 Å². The fourth-order valence-corrected chi connectivity index (χ4v) is 3.20. The number of carboxylic acid groups (broad SMARTS) is 1. The van der Waals surface area contributed by atoms with Crippen LogP contribution >= 0.6 is 11.8 Å². The number of benzene rings is 1. The molecule has 0 saturated heterocycles. The van der Waals surface area contributed by atoms with Gasteiger partial charge in [0.15, 0.2) is 0 Å². The third-order valence-corrected chi connectivity index (χ3v) is 4.06. The van der Waals surface area contributed by atoms with Crippen molar-refractivity contribution in [2.75, 3.05) is 0 Å². The number of hydrogen-bond donors (Lipinski definition) is 1. The molecule has 3 nitrogen and oxygen atoms in total. The Bertz CT molecular complexity index is 633. The van der Waals surface area contributed by atoms with E-state index in [4.69, 9.17) is 0 Å². The van der Waals surface area contributed by atoms with Crippen molar-refractivity contribution >= 4 is 17.7 Å². The second-order valence-corrected chi connectivity index (χ2v) is 5.86. The second kappa shape index (κ2) is 6.09. The van der Waals surface area contributed by atoms with Crippen LogP contribution in [0.2, 0.25) is 0 Å². The number of aryl methyl sites for hydroxylation is 3. The highest BCUT2D eigenvalue weighted by Crippen LogP contribution is 2.26. The minimum Gasteiger partial charge on any atom is -0.478 e. The molecule has 0 aliphatic carbocycles. The Balaban J connectivity index is 2.23. The minimum atomic E-state index is -0.918. The largest absolute Gasteiger partial charge is 0.478 e. The summed E-state index contributed by atoms with van der Waals surface area (Å²) in [5.74, 6) is -0.197. The number of carbonyl (C=O) groups is 1. The maximum atomic E-state index is 11.3. The lowest BCUT2D eigenvalue weighted by atomic mass is 10.1. The first-order valence-electron chi connectivity index (χ1n) is 6.36. The molecular weight excluding hydrogens is 270 g/mol. The van der Waals surface area contributed by atoms with E-state index in [0.29, 0.717) is 10.6 Å². The Morgan fingerprint density at radius 1 is 1.20 bits per heavy atom. The van der Waals surface area contributed by atoms with E-state index in [9.17, 15) is 9.90 Å². The van der Waals surface area contributed by atoms with Crippen LogP contribution in [0.4, 0.5) is 0 Å². The molecule has 1 aromatic carbocycles. The van der Waals surface area contributed by atoms with Crippen molar-refractivity contribution in [1.29, 1.82) is 0 Å². The molecule has 0 amide bonds. The Morgan fingerprint density at radius 3 is 2.45 bits per heavy atom. The second-order valence-electron chi connectivity index (χ2n) is 4.90. The molecule has 0 aliphatic rings. The molecule has 0 saturated carbocycles. The van der Waals surface area contributed by atoms with Gasteiger partial charge in [0.2, 0.25) is 0 Å². The Labute approximate surface area is 123 Å². The third-order valence-electron chi connectivity index (χ3n) is 3.00. The number of aromatic nitrogens is 1. The maximum Gasteiger partial charge on any atom is 0.338 e. The number of thioether (sulfide) groups is 1. The first-order chi connectivity index (χ1) is 9.47. The number of nitrogens with zero attached hydrogens (tertiary/aromatic N) is 1. The number of aromatic carboxylic acids is 1. The number of rotatable bonds is 4. The molecule has 0 unspecified atom stereocenters. The van der Waals surface area contributed by atoms with Gasteiger partial charge in [-0.1, -0.05) is 29.3 Å². The van der Waals surface area contributed by atoms with Crippen LogP contribution in [0.3, 0.4) is 0 Å². The van der Waals surface area contributed by atoms with Gasteiger partial charge in [-0.15, -0.1) is 11.8 Å². The van der Waals surface area contributed by atoms with Crippen molar-refractivity contribution in [2.24, 2.45) is 0 Å². The van der Waals surface area contributed by atoms with E-state index in [1.165, 1.54) is 28.5 Å². The lowest BCUT2D eigenvalue weighted by molar-refractivity contribution is 0.0691. The van der Waals surface area contributed by atoms with Gasteiger partial charge in [-0.3, -0.25) is 0 Å². The summed E-state index contributed by atoms with van der Waals surface area (Å²) < 4.78 is 0. The Hall–Kier alpha value is -1.81. The molecule has 0 bridgehead atoms. The molecule has 0 fully saturated rings. The highest BCUT2D eigenvalue weighted by Gasteiger charge is 2.14. The van der Waals surface area contributed by atoms with E-state index >= 15 is 0 Å². The number of carboxylic acids is 1. The van der Waals surface area contributed by atoms with Crippen molar-refractivity contribution in [3.05, 3.63) is 58.3 Å². The fourth-order valence-electron chi connectivity index (χ4n) is 2.21. The highest BCUT2D eigenvalue weighted by atomic mass is 32.2. The van der Waals surface area contributed by atoms with Crippen molar-refractivity contribution < 1.29 is 9.90 Å². The quantitative estimate of drug-likeness (QED) is 0.864. The van der Waals surface area contributed by atoms with E-state index in [-0.39, 0.29) is 0 Å². The summed E-state index contributed by atoms with van der Waals surface area (Å²) in [7, 11) is 0. The van der Waals surface area contributed by atoms with Crippen molar-refractivity contribution in [3.8, 4) is 0 Å². The van der Waals surface area contributed by atoms with Crippen molar-refractivity contribution in [1.82, 2.24) is 4.98 Å². The van der Waals surface area contributed by atoms with Crippen LogP contribution in [-0.2, 0) is 5.75 Å². The van der Waals surface area contributed by atoms with Crippen LogP contribution < -0.4 is 0 Å². The van der Waals surface area contributed by atoms with Gasteiger partial charge in [-0.2, -0.15) is 0 Å². The molecule has 4 heteroatoms. The molecule has 1 N–H and O–H groups in total. The summed E-state index contributed by atoms with van der Waals surface area (Å²) in [4.78, 5) is 15.5. The summed E-state index contributed by atoms with van der Waals surface area (Å²) in [5, 5.41) is 9.86. The topological polar surface area (TPSA) is 50.2 Å². The molecule has 2 rings (SSSR count). The average molecular weight is 287 g/mol. The molecule has 0 atom stereocenters. The molecule has 2 aromatic rings. The zero-order valence-corrected chi connectivity index (χ0v) is 12.6. The van der Waals surface area contributed by atoms with Crippen LogP contribution in [0.15, 0.2) is 35.5 Å². The first-order valence-corrected chi connectivity index (χ1v) is 7.35. The monoisotopic (exact) mass is 287 g/mol. The summed E-state index contributed by atoms with van der Waals surface area (Å²) in [6, 6.07) is 8.10. The molecule has 0 spiro atoms. The lowest BCUT2D eigenvalue weighted by Crippen LogP contribution is -2.04. The summed E-state index contributed by atoms with van der Waals surface area (Å²) >= 11 is 1.47.